The molecule has 1 saturated carbocycles. The summed E-state index contributed by atoms with van der Waals surface area (Å²) < 4.78 is 0. The Morgan fingerprint density at radius 2 is 1.80 bits per heavy atom. The normalized spacial score (nSPS) is 22.4. The molecule has 0 aromatic heterocycles. The van der Waals surface area contributed by atoms with Gasteiger partial charge in [-0.3, -0.25) is 9.59 Å². The summed E-state index contributed by atoms with van der Waals surface area (Å²) in [5.74, 6) is -0.652. The van der Waals surface area contributed by atoms with Crippen LogP contribution in [0.25, 0.3) is 0 Å². The topological polar surface area (TPSA) is 37.4 Å². The average Bonchev–Trinajstić information content (AvgIpc) is 2.46. The lowest BCUT2D eigenvalue weighted by atomic mass is 9.80. The Kier molecular flexibility index (Phi) is 4.58. The highest BCUT2D eigenvalue weighted by Gasteiger charge is 2.35. The van der Waals surface area contributed by atoms with Crippen molar-refractivity contribution in [1.82, 2.24) is 0 Å². The van der Waals surface area contributed by atoms with E-state index in [2.05, 4.69) is 24.0 Å². The highest BCUT2D eigenvalue weighted by atomic mass is 16.2. The second-order valence-corrected chi connectivity index (χ2v) is 5.78. The van der Waals surface area contributed by atoms with Crippen molar-refractivity contribution < 1.29 is 9.59 Å². The van der Waals surface area contributed by atoms with Gasteiger partial charge in [0.05, 0.1) is 0 Å². The smallest absolute Gasteiger partial charge is 0.203 e. The Hall–Kier alpha value is -1.64. The van der Waals surface area contributed by atoms with Crippen LogP contribution in [0.1, 0.15) is 38.2 Å². The van der Waals surface area contributed by atoms with Crippen LogP contribution in [0, 0.1) is 12.8 Å². The van der Waals surface area contributed by atoms with Gasteiger partial charge in [-0.2, -0.15) is 0 Å². The lowest BCUT2D eigenvalue weighted by Gasteiger charge is -2.38. The van der Waals surface area contributed by atoms with E-state index in [0.29, 0.717) is 0 Å². The molecule has 1 aromatic carbocycles. The molecule has 1 aliphatic carbocycles. The van der Waals surface area contributed by atoms with Crippen molar-refractivity contribution >= 4 is 17.3 Å². The van der Waals surface area contributed by atoms with Crippen LogP contribution in [0.3, 0.4) is 0 Å². The Morgan fingerprint density at radius 3 is 2.45 bits per heavy atom. The number of Topliss-reactive ketones (excluding diaryl/α,β-unsaturated/α-hetero) is 2. The third-order valence-electron chi connectivity index (χ3n) is 4.41. The lowest BCUT2D eigenvalue weighted by molar-refractivity contribution is -0.138. The zero-order chi connectivity index (χ0) is 14.7. The zero-order valence-electron chi connectivity index (χ0n) is 12.6. The minimum Gasteiger partial charge on any atom is -0.371 e. The van der Waals surface area contributed by atoms with Gasteiger partial charge >= 0.3 is 0 Å². The molecule has 0 bridgehead atoms. The van der Waals surface area contributed by atoms with E-state index in [1.807, 2.05) is 19.2 Å². The largest absolute Gasteiger partial charge is 0.371 e. The minimum absolute atomic E-state index is 0.140. The maximum absolute atomic E-state index is 12.2. The summed E-state index contributed by atoms with van der Waals surface area (Å²) in [5.41, 5.74) is 2.36. The molecule has 3 nitrogen and oxygen atoms in total. The van der Waals surface area contributed by atoms with E-state index in [1.165, 1.54) is 12.5 Å². The van der Waals surface area contributed by atoms with E-state index in [4.69, 9.17) is 0 Å². The first kappa shape index (κ1) is 14.8. The average molecular weight is 273 g/mol. The standard InChI is InChI=1S/C17H23NO2/c1-12-8-4-6-10-15(12)18(3)16-11-7-5-9-14(16)17(20)13(2)19/h4,6,8,10,14,16H,5,7,9,11H2,1-3H3. The van der Waals surface area contributed by atoms with Crippen LogP contribution < -0.4 is 4.90 Å². The molecule has 0 heterocycles. The highest BCUT2D eigenvalue weighted by molar-refractivity contribution is 6.37. The first-order chi connectivity index (χ1) is 9.52. The maximum atomic E-state index is 12.2. The fraction of sp³-hybridized carbons (Fsp3) is 0.529. The third kappa shape index (κ3) is 2.92. The molecule has 1 aliphatic rings. The summed E-state index contributed by atoms with van der Waals surface area (Å²) in [7, 11) is 2.04. The van der Waals surface area contributed by atoms with Crippen molar-refractivity contribution in [3.8, 4) is 0 Å². The van der Waals surface area contributed by atoms with Crippen molar-refractivity contribution in [2.75, 3.05) is 11.9 Å². The Balaban J connectivity index is 2.26. The van der Waals surface area contributed by atoms with Gasteiger partial charge in [-0.25, -0.2) is 0 Å². The molecular weight excluding hydrogens is 250 g/mol. The molecule has 2 atom stereocenters. The maximum Gasteiger partial charge on any atom is 0.203 e. The summed E-state index contributed by atoms with van der Waals surface area (Å²) in [6.07, 6.45) is 3.98. The van der Waals surface area contributed by atoms with Crippen molar-refractivity contribution in [3.63, 3.8) is 0 Å². The Morgan fingerprint density at radius 1 is 1.15 bits per heavy atom. The number of aryl methyl sites for hydroxylation is 1. The van der Waals surface area contributed by atoms with Gasteiger partial charge in [0.15, 0.2) is 5.78 Å². The van der Waals surface area contributed by atoms with Gasteiger partial charge in [0.25, 0.3) is 0 Å². The fourth-order valence-electron chi connectivity index (χ4n) is 3.28. The first-order valence-electron chi connectivity index (χ1n) is 7.35. The highest BCUT2D eigenvalue weighted by Crippen LogP contribution is 2.32. The van der Waals surface area contributed by atoms with E-state index in [-0.39, 0.29) is 23.5 Å². The molecule has 3 heteroatoms. The predicted molar refractivity (Wildman–Crippen MR) is 81.0 cm³/mol. The number of benzene rings is 1. The number of ketones is 2. The molecule has 0 spiro atoms. The molecule has 0 saturated heterocycles. The van der Waals surface area contributed by atoms with Crippen LogP contribution in [0.5, 0.6) is 0 Å². The number of hydrogen-bond donors (Lipinski definition) is 0. The van der Waals surface area contributed by atoms with Crippen LogP contribution in [-0.4, -0.2) is 24.7 Å². The molecule has 0 N–H and O–H groups in total. The molecular formula is C17H23NO2. The Bertz CT molecular complexity index is 509. The summed E-state index contributed by atoms with van der Waals surface area (Å²) in [5, 5.41) is 0. The van der Waals surface area contributed by atoms with E-state index >= 15 is 0 Å². The van der Waals surface area contributed by atoms with E-state index in [0.717, 1.165) is 31.4 Å². The van der Waals surface area contributed by atoms with Crippen molar-refractivity contribution in [3.05, 3.63) is 29.8 Å². The van der Waals surface area contributed by atoms with Gasteiger partial charge in [-0.15, -0.1) is 0 Å². The fourth-order valence-corrected chi connectivity index (χ4v) is 3.28. The Labute approximate surface area is 121 Å². The van der Waals surface area contributed by atoms with Gasteiger partial charge in [0.2, 0.25) is 5.78 Å². The van der Waals surface area contributed by atoms with Gasteiger partial charge in [0.1, 0.15) is 0 Å². The van der Waals surface area contributed by atoms with Crippen LogP contribution in [-0.2, 0) is 9.59 Å². The van der Waals surface area contributed by atoms with Crippen LogP contribution in [0.4, 0.5) is 5.69 Å². The molecule has 1 fully saturated rings. The van der Waals surface area contributed by atoms with Gasteiger partial charge < -0.3 is 4.90 Å². The number of para-hydroxylation sites is 1. The quantitative estimate of drug-likeness (QED) is 0.791. The summed E-state index contributed by atoms with van der Waals surface area (Å²) in [6, 6.07) is 8.34. The second-order valence-electron chi connectivity index (χ2n) is 5.78. The second kappa shape index (κ2) is 6.21. The molecule has 20 heavy (non-hydrogen) atoms. The van der Waals surface area contributed by atoms with Crippen LogP contribution >= 0.6 is 0 Å². The molecule has 0 amide bonds. The molecule has 0 radical (unpaired) electrons. The lowest BCUT2D eigenvalue weighted by Crippen LogP contribution is -2.45. The number of nitrogens with zero attached hydrogens (tertiary/aromatic N) is 1. The van der Waals surface area contributed by atoms with Gasteiger partial charge in [-0.05, 0) is 31.4 Å². The van der Waals surface area contributed by atoms with Gasteiger partial charge in [-0.1, -0.05) is 31.0 Å². The van der Waals surface area contributed by atoms with E-state index in [1.54, 1.807) is 0 Å². The molecule has 108 valence electrons. The minimum atomic E-state index is -0.305. The van der Waals surface area contributed by atoms with Crippen molar-refractivity contribution in [2.45, 2.75) is 45.6 Å². The summed E-state index contributed by atoms with van der Waals surface area (Å²) in [4.78, 5) is 25.8. The number of carbonyl (C=O) groups excluding carboxylic acids is 2. The van der Waals surface area contributed by atoms with Crippen molar-refractivity contribution in [2.24, 2.45) is 5.92 Å². The number of rotatable bonds is 4. The molecule has 2 unspecified atom stereocenters. The predicted octanol–water partition coefficient (Wildman–Crippen LogP) is 3.15. The number of hydrogen-bond acceptors (Lipinski definition) is 3. The van der Waals surface area contributed by atoms with Gasteiger partial charge in [0, 0.05) is 31.6 Å². The summed E-state index contributed by atoms with van der Waals surface area (Å²) in [6.45, 7) is 3.47. The SMILES string of the molecule is CC(=O)C(=O)C1CCCCC1N(C)c1ccccc1C. The zero-order valence-corrected chi connectivity index (χ0v) is 12.6. The van der Waals surface area contributed by atoms with E-state index in [9.17, 15) is 9.59 Å². The number of carbonyl (C=O) groups is 2. The monoisotopic (exact) mass is 273 g/mol. The first-order valence-corrected chi connectivity index (χ1v) is 7.35. The van der Waals surface area contributed by atoms with Crippen LogP contribution in [0.15, 0.2) is 24.3 Å². The summed E-state index contributed by atoms with van der Waals surface area (Å²) >= 11 is 0. The van der Waals surface area contributed by atoms with E-state index < -0.39 is 0 Å². The van der Waals surface area contributed by atoms with Crippen molar-refractivity contribution in [1.29, 1.82) is 0 Å². The van der Waals surface area contributed by atoms with Crippen LogP contribution in [0.2, 0.25) is 0 Å². The molecule has 1 aromatic rings. The number of anilines is 1. The molecule has 2 rings (SSSR count). The molecule has 0 aliphatic heterocycles. The third-order valence-corrected chi connectivity index (χ3v) is 4.41.